The van der Waals surface area contributed by atoms with Crippen LogP contribution < -0.4 is 5.73 Å². The lowest BCUT2D eigenvalue weighted by atomic mass is 10.2. The lowest BCUT2D eigenvalue weighted by Crippen LogP contribution is -2.19. The highest BCUT2D eigenvalue weighted by molar-refractivity contribution is 5.85. The molecule has 0 aromatic carbocycles. The molecule has 0 saturated carbocycles. The fourth-order valence-corrected chi connectivity index (χ4v) is 0.221. The van der Waals surface area contributed by atoms with E-state index in [2.05, 4.69) is 4.99 Å². The van der Waals surface area contributed by atoms with Crippen LogP contribution in [0.4, 0.5) is 0 Å². The predicted octanol–water partition coefficient (Wildman–Crippen LogP) is -0.0156. The van der Waals surface area contributed by atoms with E-state index in [-0.39, 0.29) is 5.84 Å². The molecule has 0 radical (unpaired) electrons. The average Bonchev–Trinajstić information content (AvgIpc) is 1.87. The van der Waals surface area contributed by atoms with E-state index in [0.29, 0.717) is 0 Å². The van der Waals surface area contributed by atoms with Crippen LogP contribution in [-0.4, -0.2) is 5.84 Å². The zero-order valence-corrected chi connectivity index (χ0v) is 5.00. The van der Waals surface area contributed by atoms with Crippen molar-refractivity contribution in [3.8, 4) is 12.3 Å². The fraction of sp³-hybridized carbons (Fsp3) is 0.400. The summed E-state index contributed by atoms with van der Waals surface area (Å²) >= 11 is 0. The Morgan fingerprint density at radius 2 is 2.22 bits per heavy atom. The molecular formula is C5H6N4. The molecule has 1 unspecified atom stereocenters. The summed E-state index contributed by atoms with van der Waals surface area (Å²) in [5, 5.41) is 16.2. The van der Waals surface area contributed by atoms with Crippen LogP contribution in [0.25, 0.3) is 0 Å². The normalized spacial score (nSPS) is 13.4. The number of amidine groups is 1. The third-order valence-electron chi connectivity index (χ3n) is 0.816. The second kappa shape index (κ2) is 3.45. The van der Waals surface area contributed by atoms with Crippen LogP contribution in [0.15, 0.2) is 4.99 Å². The number of nitriles is 2. The van der Waals surface area contributed by atoms with Crippen LogP contribution in [0, 0.1) is 28.7 Å². The highest BCUT2D eigenvalue weighted by Crippen LogP contribution is 1.89. The van der Waals surface area contributed by atoms with Crippen LogP contribution in [0.1, 0.15) is 6.92 Å². The molecule has 2 N–H and O–H groups in total. The van der Waals surface area contributed by atoms with Gasteiger partial charge in [-0.15, -0.1) is 0 Å². The maximum atomic E-state index is 8.21. The quantitative estimate of drug-likeness (QED) is 0.301. The van der Waals surface area contributed by atoms with E-state index < -0.39 is 5.92 Å². The molecule has 0 aliphatic heterocycles. The van der Waals surface area contributed by atoms with Gasteiger partial charge in [0.2, 0.25) is 6.19 Å². The zero-order valence-electron chi connectivity index (χ0n) is 5.00. The highest BCUT2D eigenvalue weighted by atomic mass is 14.9. The summed E-state index contributed by atoms with van der Waals surface area (Å²) in [6.07, 6.45) is 1.49. The van der Waals surface area contributed by atoms with E-state index in [1.807, 2.05) is 6.07 Å². The molecule has 0 rings (SSSR count). The van der Waals surface area contributed by atoms with Gasteiger partial charge in [0.05, 0.1) is 6.07 Å². The largest absolute Gasteiger partial charge is 0.385 e. The molecular weight excluding hydrogens is 116 g/mol. The lowest BCUT2D eigenvalue weighted by molar-refractivity contribution is 0.995. The summed E-state index contributed by atoms with van der Waals surface area (Å²) in [6.45, 7) is 1.58. The van der Waals surface area contributed by atoms with E-state index in [9.17, 15) is 0 Å². The number of aliphatic imine (C=N–C) groups is 1. The van der Waals surface area contributed by atoms with Crippen LogP contribution in [0.3, 0.4) is 0 Å². The number of nitrogens with zero attached hydrogens (tertiary/aromatic N) is 3. The Bertz CT molecular complexity index is 192. The van der Waals surface area contributed by atoms with Gasteiger partial charge in [0, 0.05) is 0 Å². The monoisotopic (exact) mass is 122 g/mol. The Labute approximate surface area is 53.2 Å². The summed E-state index contributed by atoms with van der Waals surface area (Å²) < 4.78 is 0. The maximum Gasteiger partial charge on any atom is 0.207 e. The van der Waals surface area contributed by atoms with Gasteiger partial charge in [-0.05, 0) is 6.92 Å². The first-order valence-corrected chi connectivity index (χ1v) is 2.34. The first-order chi connectivity index (χ1) is 4.22. The van der Waals surface area contributed by atoms with Gasteiger partial charge in [-0.3, -0.25) is 0 Å². The topological polar surface area (TPSA) is 86.0 Å². The van der Waals surface area contributed by atoms with E-state index in [0.717, 1.165) is 0 Å². The summed E-state index contributed by atoms with van der Waals surface area (Å²) in [5.41, 5.74) is 5.14. The van der Waals surface area contributed by atoms with Gasteiger partial charge in [-0.2, -0.15) is 15.5 Å². The van der Waals surface area contributed by atoms with Gasteiger partial charge >= 0.3 is 0 Å². The molecule has 0 aliphatic rings. The van der Waals surface area contributed by atoms with Gasteiger partial charge in [0.15, 0.2) is 0 Å². The van der Waals surface area contributed by atoms with Crippen molar-refractivity contribution in [2.24, 2.45) is 16.6 Å². The second-order valence-corrected chi connectivity index (χ2v) is 1.49. The highest BCUT2D eigenvalue weighted by Gasteiger charge is 2.02. The van der Waals surface area contributed by atoms with Crippen LogP contribution in [-0.2, 0) is 0 Å². The fourth-order valence-electron chi connectivity index (χ4n) is 0.221. The number of hydrogen-bond acceptors (Lipinski definition) is 3. The van der Waals surface area contributed by atoms with Crippen molar-refractivity contribution in [1.82, 2.24) is 0 Å². The molecule has 0 aromatic heterocycles. The van der Waals surface area contributed by atoms with Crippen molar-refractivity contribution in [2.45, 2.75) is 6.92 Å². The molecule has 4 nitrogen and oxygen atoms in total. The molecule has 0 bridgehead atoms. The summed E-state index contributed by atoms with van der Waals surface area (Å²) in [4.78, 5) is 3.17. The Kier molecular flexibility index (Phi) is 2.86. The molecule has 0 aromatic rings. The molecule has 0 fully saturated rings. The molecule has 1 atom stereocenters. The molecule has 0 spiro atoms. The Hall–Kier alpha value is -1.55. The molecule has 9 heavy (non-hydrogen) atoms. The maximum absolute atomic E-state index is 8.21. The van der Waals surface area contributed by atoms with Crippen molar-refractivity contribution in [3.63, 3.8) is 0 Å². The van der Waals surface area contributed by atoms with Crippen LogP contribution in [0.5, 0.6) is 0 Å². The average molecular weight is 122 g/mol. The molecule has 0 heterocycles. The van der Waals surface area contributed by atoms with Crippen molar-refractivity contribution in [1.29, 1.82) is 10.5 Å². The Balaban J connectivity index is 4.10. The van der Waals surface area contributed by atoms with Crippen molar-refractivity contribution < 1.29 is 0 Å². The molecule has 0 amide bonds. The first kappa shape index (κ1) is 7.45. The van der Waals surface area contributed by atoms with E-state index in [1.54, 1.807) is 6.92 Å². The molecule has 0 saturated heterocycles. The summed E-state index contributed by atoms with van der Waals surface area (Å²) in [5.74, 6) is -0.398. The SMILES string of the molecule is CC(C#N)C(N)=NC#N. The third-order valence-corrected chi connectivity index (χ3v) is 0.816. The summed E-state index contributed by atoms with van der Waals surface area (Å²) in [6, 6.07) is 1.84. The van der Waals surface area contributed by atoms with Gasteiger partial charge in [0.1, 0.15) is 11.8 Å². The predicted molar refractivity (Wildman–Crippen MR) is 32.0 cm³/mol. The van der Waals surface area contributed by atoms with Gasteiger partial charge in [-0.1, -0.05) is 0 Å². The van der Waals surface area contributed by atoms with Crippen molar-refractivity contribution >= 4 is 5.84 Å². The molecule has 46 valence electrons. The van der Waals surface area contributed by atoms with Crippen molar-refractivity contribution in [3.05, 3.63) is 0 Å². The first-order valence-electron chi connectivity index (χ1n) is 2.34. The number of nitrogens with two attached hydrogens (primary N) is 1. The third kappa shape index (κ3) is 2.30. The van der Waals surface area contributed by atoms with E-state index in [4.69, 9.17) is 16.3 Å². The molecule has 0 aliphatic carbocycles. The van der Waals surface area contributed by atoms with E-state index in [1.165, 1.54) is 6.19 Å². The minimum absolute atomic E-state index is 0.0694. The lowest BCUT2D eigenvalue weighted by Gasteiger charge is -1.94. The summed E-state index contributed by atoms with van der Waals surface area (Å²) in [7, 11) is 0. The Morgan fingerprint density at radius 3 is 2.56 bits per heavy atom. The van der Waals surface area contributed by atoms with E-state index >= 15 is 0 Å². The van der Waals surface area contributed by atoms with Gasteiger partial charge in [-0.25, -0.2) is 0 Å². The van der Waals surface area contributed by atoms with Gasteiger partial charge < -0.3 is 5.73 Å². The van der Waals surface area contributed by atoms with Crippen LogP contribution in [0.2, 0.25) is 0 Å². The minimum atomic E-state index is -0.468. The second-order valence-electron chi connectivity index (χ2n) is 1.49. The Morgan fingerprint density at radius 1 is 1.67 bits per heavy atom. The zero-order chi connectivity index (χ0) is 7.28. The molecule has 4 heteroatoms. The number of hydrogen-bond donors (Lipinski definition) is 1. The standard InChI is InChI=1S/C5H6N4/c1-4(2-6)5(8)9-3-7/h4H,1H3,(H2,8,9). The van der Waals surface area contributed by atoms with Crippen molar-refractivity contribution in [2.75, 3.05) is 0 Å². The number of rotatable bonds is 1. The van der Waals surface area contributed by atoms with Gasteiger partial charge in [0.25, 0.3) is 0 Å². The smallest absolute Gasteiger partial charge is 0.207 e. The minimum Gasteiger partial charge on any atom is -0.385 e. The van der Waals surface area contributed by atoms with Crippen LogP contribution >= 0.6 is 0 Å².